The zero-order valence-electron chi connectivity index (χ0n) is 11.7. The minimum atomic E-state index is -1.41. The van der Waals surface area contributed by atoms with E-state index in [4.69, 9.17) is 4.74 Å². The van der Waals surface area contributed by atoms with Gasteiger partial charge in [0.2, 0.25) is 5.79 Å². The predicted molar refractivity (Wildman–Crippen MR) is 68.0 cm³/mol. The van der Waals surface area contributed by atoms with E-state index in [0.29, 0.717) is 36.2 Å². The monoisotopic (exact) mass is 264 g/mol. The van der Waals surface area contributed by atoms with Gasteiger partial charge in [-0.1, -0.05) is 13.8 Å². The van der Waals surface area contributed by atoms with Gasteiger partial charge in [0, 0.05) is 29.9 Å². The van der Waals surface area contributed by atoms with Crippen molar-refractivity contribution in [2.24, 2.45) is 17.3 Å². The molecule has 0 unspecified atom stereocenters. The lowest BCUT2D eigenvalue weighted by Gasteiger charge is -2.52. The van der Waals surface area contributed by atoms with Crippen LogP contribution in [0.4, 0.5) is 0 Å². The van der Waals surface area contributed by atoms with E-state index in [0.717, 1.165) is 6.42 Å². The lowest BCUT2D eigenvalue weighted by Crippen LogP contribution is -2.52. The van der Waals surface area contributed by atoms with Crippen molar-refractivity contribution < 1.29 is 19.4 Å². The second-order valence-corrected chi connectivity index (χ2v) is 6.59. The summed E-state index contributed by atoms with van der Waals surface area (Å²) < 4.78 is 5.18. The highest BCUT2D eigenvalue weighted by Crippen LogP contribution is 2.58. The summed E-state index contributed by atoms with van der Waals surface area (Å²) in [5.74, 6) is -1.32. The zero-order valence-corrected chi connectivity index (χ0v) is 11.7. The lowest BCUT2D eigenvalue weighted by atomic mass is 9.53. The molecular formula is C15H20O4. The fraction of sp³-hybridized carbons (Fsp3) is 0.733. The van der Waals surface area contributed by atoms with Crippen molar-refractivity contribution in [1.82, 2.24) is 0 Å². The van der Waals surface area contributed by atoms with E-state index in [9.17, 15) is 14.7 Å². The number of Topliss-reactive ketones (excluding diaryl/α,β-unsaturated/α-hetero) is 1. The Hall–Kier alpha value is -1.16. The molecule has 0 saturated heterocycles. The third-order valence-corrected chi connectivity index (χ3v) is 5.72. The van der Waals surface area contributed by atoms with Gasteiger partial charge in [0.05, 0.1) is 0 Å². The summed E-state index contributed by atoms with van der Waals surface area (Å²) in [6, 6.07) is 0. The first-order valence-electron chi connectivity index (χ1n) is 6.96. The topological polar surface area (TPSA) is 63.6 Å². The molecular weight excluding hydrogens is 244 g/mol. The number of carbonyl (C=O) groups is 2. The minimum Gasteiger partial charge on any atom is -0.426 e. The highest BCUT2D eigenvalue weighted by molar-refractivity contribution is 5.92. The number of hydrogen-bond donors (Lipinski definition) is 1. The molecule has 0 aromatic heterocycles. The Morgan fingerprint density at radius 3 is 2.74 bits per heavy atom. The number of rotatable bonds is 0. The Morgan fingerprint density at radius 1 is 1.37 bits per heavy atom. The predicted octanol–water partition coefficient (Wildman–Crippen LogP) is 1.96. The fourth-order valence-corrected chi connectivity index (χ4v) is 4.07. The third-order valence-electron chi connectivity index (χ3n) is 5.72. The molecule has 19 heavy (non-hydrogen) atoms. The molecule has 3 rings (SSSR count). The average Bonchev–Trinajstić information content (AvgIpc) is 2.55. The minimum absolute atomic E-state index is 0.0215. The summed E-state index contributed by atoms with van der Waals surface area (Å²) in [6.07, 6.45) is 2.37. The number of esters is 1. The van der Waals surface area contributed by atoms with Crippen LogP contribution in [-0.4, -0.2) is 22.6 Å². The number of aliphatic hydroxyl groups is 1. The highest BCUT2D eigenvalue weighted by atomic mass is 16.7. The van der Waals surface area contributed by atoms with Crippen LogP contribution in [0.3, 0.4) is 0 Å². The lowest BCUT2D eigenvalue weighted by molar-refractivity contribution is -0.204. The standard InChI is InChI=1S/C15H20O4/c1-8-11-7-14(3)9(2)12(16)5-4-10(14)6-15(11,18)19-13(8)17/h9-10,18H,4-7H2,1-3H3/t9-,10+,14+,15-/m0/s1. The Bertz CT molecular complexity index is 506. The van der Waals surface area contributed by atoms with Crippen molar-refractivity contribution in [2.75, 3.05) is 0 Å². The van der Waals surface area contributed by atoms with Crippen molar-refractivity contribution >= 4 is 11.8 Å². The van der Waals surface area contributed by atoms with Gasteiger partial charge in [0.15, 0.2) is 0 Å². The smallest absolute Gasteiger partial charge is 0.336 e. The average molecular weight is 264 g/mol. The maximum Gasteiger partial charge on any atom is 0.336 e. The van der Waals surface area contributed by atoms with Crippen molar-refractivity contribution in [2.45, 2.75) is 52.2 Å². The molecule has 0 spiro atoms. The summed E-state index contributed by atoms with van der Waals surface area (Å²) in [5, 5.41) is 10.6. The van der Waals surface area contributed by atoms with Gasteiger partial charge < -0.3 is 9.84 Å². The molecule has 0 aromatic rings. The highest BCUT2D eigenvalue weighted by Gasteiger charge is 2.58. The van der Waals surface area contributed by atoms with Crippen LogP contribution in [0.25, 0.3) is 0 Å². The molecule has 104 valence electrons. The second kappa shape index (κ2) is 3.69. The van der Waals surface area contributed by atoms with Crippen LogP contribution in [0, 0.1) is 17.3 Å². The number of carbonyl (C=O) groups excluding carboxylic acids is 2. The number of ketones is 1. The van der Waals surface area contributed by atoms with Crippen molar-refractivity contribution in [1.29, 1.82) is 0 Å². The molecule has 0 bridgehead atoms. The molecule has 1 aliphatic heterocycles. The van der Waals surface area contributed by atoms with Crippen molar-refractivity contribution in [3.63, 3.8) is 0 Å². The van der Waals surface area contributed by atoms with Crippen LogP contribution in [0.15, 0.2) is 11.1 Å². The number of hydrogen-bond acceptors (Lipinski definition) is 4. The zero-order chi connectivity index (χ0) is 14.0. The van der Waals surface area contributed by atoms with Crippen LogP contribution in [0.5, 0.6) is 0 Å². The first-order chi connectivity index (χ1) is 8.78. The van der Waals surface area contributed by atoms with Gasteiger partial charge in [-0.2, -0.15) is 0 Å². The van der Waals surface area contributed by atoms with Crippen LogP contribution in [0.1, 0.15) is 46.5 Å². The third kappa shape index (κ3) is 1.55. The van der Waals surface area contributed by atoms with E-state index in [1.54, 1.807) is 6.92 Å². The quantitative estimate of drug-likeness (QED) is 0.679. The van der Waals surface area contributed by atoms with Gasteiger partial charge in [0.25, 0.3) is 0 Å². The Morgan fingerprint density at radius 2 is 2.05 bits per heavy atom. The van der Waals surface area contributed by atoms with Crippen LogP contribution >= 0.6 is 0 Å². The number of ether oxygens (including phenoxy) is 1. The van der Waals surface area contributed by atoms with Gasteiger partial charge in [-0.3, -0.25) is 4.79 Å². The molecule has 3 aliphatic rings. The maximum atomic E-state index is 12.0. The fourth-order valence-electron chi connectivity index (χ4n) is 4.07. The van der Waals surface area contributed by atoms with Crippen LogP contribution in [-0.2, 0) is 14.3 Å². The molecule has 0 aromatic carbocycles. The summed E-state index contributed by atoms with van der Waals surface area (Å²) in [5.41, 5.74) is 1.05. The molecule has 2 aliphatic carbocycles. The van der Waals surface area contributed by atoms with E-state index in [-0.39, 0.29) is 17.3 Å². The Labute approximate surface area is 112 Å². The van der Waals surface area contributed by atoms with E-state index in [2.05, 4.69) is 6.92 Å². The van der Waals surface area contributed by atoms with Crippen LogP contribution < -0.4 is 0 Å². The van der Waals surface area contributed by atoms with E-state index < -0.39 is 11.8 Å². The number of fused-ring (bicyclic) bond motifs is 2. The maximum absolute atomic E-state index is 12.0. The van der Waals surface area contributed by atoms with Crippen LogP contribution in [0.2, 0.25) is 0 Å². The van der Waals surface area contributed by atoms with E-state index >= 15 is 0 Å². The van der Waals surface area contributed by atoms with Gasteiger partial charge in [-0.15, -0.1) is 0 Å². The Kier molecular flexibility index (Phi) is 2.50. The van der Waals surface area contributed by atoms with Gasteiger partial charge in [-0.05, 0) is 31.1 Å². The van der Waals surface area contributed by atoms with Gasteiger partial charge >= 0.3 is 5.97 Å². The summed E-state index contributed by atoms with van der Waals surface area (Å²) in [6.45, 7) is 5.79. The van der Waals surface area contributed by atoms with Crippen molar-refractivity contribution in [3.05, 3.63) is 11.1 Å². The molecule has 2 saturated carbocycles. The first kappa shape index (κ1) is 12.9. The molecule has 1 N–H and O–H groups in total. The summed E-state index contributed by atoms with van der Waals surface area (Å²) >= 11 is 0. The second-order valence-electron chi connectivity index (χ2n) is 6.59. The molecule has 0 radical (unpaired) electrons. The first-order valence-corrected chi connectivity index (χ1v) is 6.96. The summed E-state index contributed by atoms with van der Waals surface area (Å²) in [4.78, 5) is 23.7. The van der Waals surface area contributed by atoms with Crippen molar-refractivity contribution in [3.8, 4) is 0 Å². The SMILES string of the molecule is CC1=C2C[C@@]3(C)[C@H](CCC(=O)[C@@H]3C)C[C@]2(O)OC1=O. The molecule has 2 fully saturated rings. The molecule has 4 heteroatoms. The van der Waals surface area contributed by atoms with Gasteiger partial charge in [-0.25, -0.2) is 4.79 Å². The normalized spacial score (nSPS) is 45.9. The largest absolute Gasteiger partial charge is 0.426 e. The molecule has 4 nitrogen and oxygen atoms in total. The summed E-state index contributed by atoms with van der Waals surface area (Å²) in [7, 11) is 0. The molecule has 1 heterocycles. The van der Waals surface area contributed by atoms with E-state index in [1.807, 2.05) is 6.92 Å². The van der Waals surface area contributed by atoms with E-state index in [1.165, 1.54) is 0 Å². The molecule has 4 atom stereocenters. The Balaban J connectivity index is 2.04. The molecule has 0 amide bonds. The van der Waals surface area contributed by atoms with Gasteiger partial charge in [0.1, 0.15) is 5.78 Å².